The number of benzene rings is 1. The molecular formula is C26H41N3O. The van der Waals surface area contributed by atoms with Crippen LogP contribution >= 0.6 is 0 Å². The molecule has 1 aromatic carbocycles. The monoisotopic (exact) mass is 411 g/mol. The van der Waals surface area contributed by atoms with E-state index in [1.54, 1.807) is 0 Å². The standard InChI is InChI=1S/C26H41N3O/c1-5-6-7-13-29-24-9-8-21(26(30)27-14-10-20(4)11-15-27)17-22(24)23-18-28(19(2)3)16-12-25(23)29/h8-9,17,19-20,23,25H,5-7,10-16,18H2,1-4H3. The molecular weight excluding hydrogens is 370 g/mol. The number of rotatable bonds is 6. The molecule has 4 nitrogen and oxygen atoms in total. The summed E-state index contributed by atoms with van der Waals surface area (Å²) in [5.41, 5.74) is 3.73. The van der Waals surface area contributed by atoms with E-state index in [0.29, 0.717) is 18.0 Å². The van der Waals surface area contributed by atoms with Gasteiger partial charge in [-0.2, -0.15) is 0 Å². The third-order valence-corrected chi connectivity index (χ3v) is 7.80. The number of hydrogen-bond donors (Lipinski definition) is 0. The van der Waals surface area contributed by atoms with Crippen LogP contribution in [0.5, 0.6) is 0 Å². The Hall–Kier alpha value is -1.55. The van der Waals surface area contributed by atoms with E-state index in [9.17, 15) is 4.79 Å². The Morgan fingerprint density at radius 2 is 1.87 bits per heavy atom. The molecule has 3 aliphatic heterocycles. The average molecular weight is 412 g/mol. The second-order valence-electron chi connectivity index (χ2n) is 10.2. The van der Waals surface area contributed by atoms with Gasteiger partial charge < -0.3 is 14.7 Å². The van der Waals surface area contributed by atoms with Crippen molar-refractivity contribution in [2.75, 3.05) is 37.6 Å². The maximum atomic E-state index is 13.2. The van der Waals surface area contributed by atoms with Crippen LogP contribution in [-0.2, 0) is 0 Å². The lowest BCUT2D eigenvalue weighted by Crippen LogP contribution is -2.48. The quantitative estimate of drug-likeness (QED) is 0.607. The van der Waals surface area contributed by atoms with E-state index in [4.69, 9.17) is 0 Å². The molecule has 1 aromatic rings. The van der Waals surface area contributed by atoms with Gasteiger partial charge in [0.05, 0.1) is 0 Å². The minimum absolute atomic E-state index is 0.238. The normalized spacial score (nSPS) is 25.0. The van der Waals surface area contributed by atoms with Crippen LogP contribution in [0.15, 0.2) is 18.2 Å². The van der Waals surface area contributed by atoms with Gasteiger partial charge in [-0.15, -0.1) is 0 Å². The third kappa shape index (κ3) is 4.26. The van der Waals surface area contributed by atoms with Crippen molar-refractivity contribution >= 4 is 11.6 Å². The molecule has 4 heteroatoms. The molecule has 166 valence electrons. The summed E-state index contributed by atoms with van der Waals surface area (Å²) in [6, 6.07) is 7.82. The average Bonchev–Trinajstić information content (AvgIpc) is 3.06. The van der Waals surface area contributed by atoms with Crippen molar-refractivity contribution in [1.29, 1.82) is 0 Å². The lowest BCUT2D eigenvalue weighted by atomic mass is 9.87. The fourth-order valence-electron chi connectivity index (χ4n) is 5.75. The van der Waals surface area contributed by atoms with Crippen molar-refractivity contribution in [1.82, 2.24) is 9.80 Å². The summed E-state index contributed by atoms with van der Waals surface area (Å²) in [6.07, 6.45) is 7.33. The first kappa shape index (κ1) is 21.7. The summed E-state index contributed by atoms with van der Waals surface area (Å²) in [6.45, 7) is 14.5. The lowest BCUT2D eigenvalue weighted by molar-refractivity contribution is 0.0697. The molecule has 2 fully saturated rings. The zero-order valence-electron chi connectivity index (χ0n) is 19.6. The summed E-state index contributed by atoms with van der Waals surface area (Å²) in [5.74, 6) is 1.52. The van der Waals surface area contributed by atoms with Crippen molar-refractivity contribution in [2.24, 2.45) is 5.92 Å². The van der Waals surface area contributed by atoms with Crippen LogP contribution in [0.2, 0.25) is 0 Å². The lowest BCUT2D eigenvalue weighted by Gasteiger charge is -2.40. The highest BCUT2D eigenvalue weighted by atomic mass is 16.2. The highest BCUT2D eigenvalue weighted by molar-refractivity contribution is 5.95. The van der Waals surface area contributed by atoms with E-state index in [0.717, 1.165) is 50.5 Å². The highest BCUT2D eigenvalue weighted by Crippen LogP contribution is 2.45. The van der Waals surface area contributed by atoms with Crippen LogP contribution in [0.1, 0.15) is 88.1 Å². The topological polar surface area (TPSA) is 26.8 Å². The minimum Gasteiger partial charge on any atom is -0.368 e. The first-order chi connectivity index (χ1) is 14.5. The van der Waals surface area contributed by atoms with Crippen molar-refractivity contribution in [3.05, 3.63) is 29.3 Å². The molecule has 2 atom stereocenters. The number of amides is 1. The van der Waals surface area contributed by atoms with Crippen LogP contribution in [-0.4, -0.2) is 60.5 Å². The molecule has 0 aromatic heterocycles. The number of carbonyl (C=O) groups is 1. The van der Waals surface area contributed by atoms with Crippen LogP contribution in [0, 0.1) is 5.92 Å². The van der Waals surface area contributed by atoms with Crippen LogP contribution in [0.4, 0.5) is 5.69 Å². The molecule has 0 bridgehead atoms. The largest absolute Gasteiger partial charge is 0.368 e. The van der Waals surface area contributed by atoms with Crippen LogP contribution < -0.4 is 4.90 Å². The van der Waals surface area contributed by atoms with E-state index in [1.807, 2.05) is 0 Å². The van der Waals surface area contributed by atoms with E-state index >= 15 is 0 Å². The molecule has 4 rings (SSSR count). The second-order valence-corrected chi connectivity index (χ2v) is 10.2. The molecule has 1 amide bonds. The molecule has 0 N–H and O–H groups in total. The molecule has 2 unspecified atom stereocenters. The van der Waals surface area contributed by atoms with Gasteiger partial charge in [0.25, 0.3) is 5.91 Å². The minimum atomic E-state index is 0.238. The van der Waals surface area contributed by atoms with Crippen molar-refractivity contribution < 1.29 is 4.79 Å². The first-order valence-corrected chi connectivity index (χ1v) is 12.4. The van der Waals surface area contributed by atoms with E-state index in [2.05, 4.69) is 60.6 Å². The van der Waals surface area contributed by atoms with Gasteiger partial charge in [0.2, 0.25) is 0 Å². The van der Waals surface area contributed by atoms with Gasteiger partial charge in [-0.25, -0.2) is 0 Å². The number of nitrogens with zero attached hydrogens (tertiary/aromatic N) is 3. The predicted molar refractivity (Wildman–Crippen MR) is 125 cm³/mol. The number of unbranched alkanes of at least 4 members (excludes halogenated alkanes) is 2. The summed E-state index contributed by atoms with van der Waals surface area (Å²) in [7, 11) is 0. The Balaban J connectivity index is 1.59. The van der Waals surface area contributed by atoms with Crippen molar-refractivity contribution in [2.45, 2.75) is 84.2 Å². The molecule has 0 radical (unpaired) electrons. The van der Waals surface area contributed by atoms with Gasteiger partial charge in [-0.05, 0) is 69.2 Å². The second kappa shape index (κ2) is 9.30. The van der Waals surface area contributed by atoms with Crippen molar-refractivity contribution in [3.8, 4) is 0 Å². The number of anilines is 1. The number of piperidine rings is 2. The Bertz CT molecular complexity index is 738. The van der Waals surface area contributed by atoms with Gasteiger partial charge in [-0.1, -0.05) is 26.7 Å². The fourth-order valence-corrected chi connectivity index (χ4v) is 5.75. The first-order valence-electron chi connectivity index (χ1n) is 12.4. The van der Waals surface area contributed by atoms with E-state index in [-0.39, 0.29) is 5.91 Å². The number of hydrogen-bond acceptors (Lipinski definition) is 3. The van der Waals surface area contributed by atoms with Gasteiger partial charge in [0, 0.05) is 62.0 Å². The predicted octanol–water partition coefficient (Wildman–Crippen LogP) is 5.14. The van der Waals surface area contributed by atoms with Crippen LogP contribution in [0.25, 0.3) is 0 Å². The SMILES string of the molecule is CCCCCN1c2ccc(C(=O)N3CCC(C)CC3)cc2C2CN(C(C)C)CCC21. The number of fused-ring (bicyclic) bond motifs is 3. The third-order valence-electron chi connectivity index (χ3n) is 7.80. The number of carbonyl (C=O) groups excluding carboxylic acids is 1. The van der Waals surface area contributed by atoms with Gasteiger partial charge in [0.1, 0.15) is 0 Å². The molecule has 2 saturated heterocycles. The number of likely N-dealkylation sites (tertiary alicyclic amines) is 2. The van der Waals surface area contributed by atoms with E-state index < -0.39 is 0 Å². The summed E-state index contributed by atoms with van der Waals surface area (Å²) < 4.78 is 0. The zero-order chi connectivity index (χ0) is 21.3. The molecule has 30 heavy (non-hydrogen) atoms. The summed E-state index contributed by atoms with van der Waals surface area (Å²) in [5, 5.41) is 0. The zero-order valence-corrected chi connectivity index (χ0v) is 19.6. The van der Waals surface area contributed by atoms with Crippen LogP contribution in [0.3, 0.4) is 0 Å². The van der Waals surface area contributed by atoms with Gasteiger partial charge in [0.15, 0.2) is 0 Å². The fraction of sp³-hybridized carbons (Fsp3) is 0.731. The Morgan fingerprint density at radius 1 is 1.10 bits per heavy atom. The maximum Gasteiger partial charge on any atom is 0.253 e. The van der Waals surface area contributed by atoms with Gasteiger partial charge in [-0.3, -0.25) is 4.79 Å². The molecule has 3 heterocycles. The Kier molecular flexibility index (Phi) is 6.72. The van der Waals surface area contributed by atoms with Gasteiger partial charge >= 0.3 is 0 Å². The summed E-state index contributed by atoms with van der Waals surface area (Å²) in [4.78, 5) is 20.6. The van der Waals surface area contributed by atoms with Crippen molar-refractivity contribution in [3.63, 3.8) is 0 Å². The van der Waals surface area contributed by atoms with E-state index in [1.165, 1.54) is 43.5 Å². The Morgan fingerprint density at radius 3 is 2.57 bits per heavy atom. The smallest absolute Gasteiger partial charge is 0.253 e. The molecule has 0 spiro atoms. The molecule has 3 aliphatic rings. The summed E-state index contributed by atoms with van der Waals surface area (Å²) >= 11 is 0. The molecule has 0 saturated carbocycles. The highest BCUT2D eigenvalue weighted by Gasteiger charge is 2.42. The maximum absolute atomic E-state index is 13.2. The molecule has 0 aliphatic carbocycles. The Labute approximate surface area is 183 Å².